The van der Waals surface area contributed by atoms with Crippen LogP contribution in [0.2, 0.25) is 10.0 Å². The maximum atomic E-state index is 14.1. The van der Waals surface area contributed by atoms with Crippen molar-refractivity contribution in [2.24, 2.45) is 0 Å². The van der Waals surface area contributed by atoms with E-state index in [4.69, 9.17) is 23.2 Å². The third-order valence-corrected chi connectivity index (χ3v) is 9.72. The van der Waals surface area contributed by atoms with E-state index in [1.54, 1.807) is 19.1 Å². The molecule has 1 atom stereocenters. The maximum Gasteiger partial charge on any atom is 0.264 e. The number of benzene rings is 3. The number of aryl methyl sites for hydroxylation is 2. The third kappa shape index (κ3) is 7.61. The second kappa shape index (κ2) is 13.3. The van der Waals surface area contributed by atoms with Crippen molar-refractivity contribution in [3.8, 4) is 0 Å². The highest BCUT2D eigenvalue weighted by atomic mass is 35.5. The predicted octanol–water partition coefficient (Wildman–Crippen LogP) is 6.28. The van der Waals surface area contributed by atoms with Crippen LogP contribution >= 0.6 is 23.2 Å². The highest BCUT2D eigenvalue weighted by molar-refractivity contribution is 7.92. The zero-order valence-corrected chi connectivity index (χ0v) is 25.8. The molecular weight excluding hydrogens is 581 g/mol. The number of carbonyl (C=O) groups excluding carboxylic acids is 2. The molecule has 1 saturated carbocycles. The Bertz CT molecular complexity index is 1490. The van der Waals surface area contributed by atoms with E-state index >= 15 is 0 Å². The molecule has 1 aliphatic carbocycles. The van der Waals surface area contributed by atoms with Crippen LogP contribution in [0.25, 0.3) is 0 Å². The van der Waals surface area contributed by atoms with E-state index in [0.717, 1.165) is 46.7 Å². The minimum atomic E-state index is -4.21. The first-order chi connectivity index (χ1) is 19.5. The average Bonchev–Trinajstić information content (AvgIpc) is 3.43. The van der Waals surface area contributed by atoms with Crippen molar-refractivity contribution >= 4 is 50.7 Å². The molecule has 1 N–H and O–H groups in total. The fraction of sp³-hybridized carbons (Fsp3) is 0.355. The van der Waals surface area contributed by atoms with Gasteiger partial charge in [-0.3, -0.25) is 13.9 Å². The number of hydrogen-bond donors (Lipinski definition) is 1. The van der Waals surface area contributed by atoms with Crippen LogP contribution in [0, 0.1) is 13.8 Å². The lowest BCUT2D eigenvalue weighted by atomic mass is 10.1. The van der Waals surface area contributed by atoms with E-state index in [2.05, 4.69) is 5.32 Å². The molecule has 1 aliphatic rings. The van der Waals surface area contributed by atoms with Crippen molar-refractivity contribution in [2.45, 2.75) is 70.0 Å². The molecule has 0 aliphatic heterocycles. The Morgan fingerprint density at radius 3 is 2.17 bits per heavy atom. The fourth-order valence-electron chi connectivity index (χ4n) is 5.00. The van der Waals surface area contributed by atoms with Crippen LogP contribution < -0.4 is 9.62 Å². The fourth-order valence-corrected chi connectivity index (χ4v) is 6.91. The minimum absolute atomic E-state index is 0.0180. The van der Waals surface area contributed by atoms with Gasteiger partial charge in [-0.1, -0.05) is 78.0 Å². The molecule has 4 rings (SSSR count). The molecule has 0 bridgehead atoms. The Labute approximate surface area is 252 Å². The lowest BCUT2D eigenvalue weighted by Gasteiger charge is -2.33. The van der Waals surface area contributed by atoms with Crippen molar-refractivity contribution < 1.29 is 18.0 Å². The van der Waals surface area contributed by atoms with Crippen molar-refractivity contribution in [2.75, 3.05) is 10.8 Å². The van der Waals surface area contributed by atoms with E-state index in [0.29, 0.717) is 0 Å². The van der Waals surface area contributed by atoms with Crippen LogP contribution in [0.1, 0.15) is 49.3 Å². The summed E-state index contributed by atoms with van der Waals surface area (Å²) in [6, 6.07) is 17.6. The van der Waals surface area contributed by atoms with Gasteiger partial charge in [0.2, 0.25) is 11.8 Å². The number of hydrogen-bond acceptors (Lipinski definition) is 4. The Kier molecular flexibility index (Phi) is 10.00. The third-order valence-electron chi connectivity index (χ3n) is 7.49. The molecule has 3 aromatic rings. The first-order valence-electron chi connectivity index (χ1n) is 13.7. The summed E-state index contributed by atoms with van der Waals surface area (Å²) in [6.07, 6.45) is 3.92. The Balaban J connectivity index is 1.72. The highest BCUT2D eigenvalue weighted by Crippen LogP contribution is 2.30. The molecule has 218 valence electrons. The predicted molar refractivity (Wildman–Crippen MR) is 164 cm³/mol. The molecule has 2 amide bonds. The van der Waals surface area contributed by atoms with E-state index < -0.39 is 28.5 Å². The summed E-state index contributed by atoms with van der Waals surface area (Å²) in [5, 5.41) is 3.53. The van der Waals surface area contributed by atoms with Gasteiger partial charge in [0, 0.05) is 22.6 Å². The average molecular weight is 617 g/mol. The molecule has 41 heavy (non-hydrogen) atoms. The van der Waals surface area contributed by atoms with Gasteiger partial charge in [-0.15, -0.1) is 0 Å². The van der Waals surface area contributed by atoms with Gasteiger partial charge < -0.3 is 10.2 Å². The van der Waals surface area contributed by atoms with Crippen LogP contribution in [0.15, 0.2) is 71.6 Å². The molecule has 0 radical (unpaired) electrons. The van der Waals surface area contributed by atoms with Gasteiger partial charge in [-0.2, -0.15) is 0 Å². The number of nitrogens with zero attached hydrogens (tertiary/aromatic N) is 2. The van der Waals surface area contributed by atoms with E-state index in [9.17, 15) is 18.0 Å². The van der Waals surface area contributed by atoms with E-state index in [1.807, 2.05) is 38.1 Å². The van der Waals surface area contributed by atoms with Gasteiger partial charge >= 0.3 is 0 Å². The largest absolute Gasteiger partial charge is 0.352 e. The van der Waals surface area contributed by atoms with E-state index in [-0.39, 0.29) is 39.1 Å². The lowest BCUT2D eigenvalue weighted by molar-refractivity contribution is -0.139. The van der Waals surface area contributed by atoms with Crippen LogP contribution in [-0.2, 0) is 26.2 Å². The molecule has 0 unspecified atom stereocenters. The van der Waals surface area contributed by atoms with Crippen LogP contribution in [0.4, 0.5) is 5.69 Å². The molecule has 0 heterocycles. The normalized spacial score (nSPS) is 14.5. The maximum absolute atomic E-state index is 14.1. The summed E-state index contributed by atoms with van der Waals surface area (Å²) in [6.45, 7) is 5.05. The Hall–Kier alpha value is -3.07. The first-order valence-corrected chi connectivity index (χ1v) is 15.8. The summed E-state index contributed by atoms with van der Waals surface area (Å²) in [7, 11) is -4.21. The number of nitrogens with one attached hydrogen (secondary N) is 1. The Morgan fingerprint density at radius 2 is 1.56 bits per heavy atom. The second-order valence-electron chi connectivity index (χ2n) is 10.6. The minimum Gasteiger partial charge on any atom is -0.352 e. The molecule has 0 saturated heterocycles. The second-order valence-corrected chi connectivity index (χ2v) is 13.3. The van der Waals surface area contributed by atoms with Gasteiger partial charge in [-0.05, 0) is 75.1 Å². The van der Waals surface area contributed by atoms with Gasteiger partial charge in [0.05, 0.1) is 10.6 Å². The van der Waals surface area contributed by atoms with Crippen LogP contribution in [-0.4, -0.2) is 43.8 Å². The molecule has 7 nitrogen and oxygen atoms in total. The molecular formula is C31H35Cl2N3O4S. The van der Waals surface area contributed by atoms with Crippen molar-refractivity contribution in [3.63, 3.8) is 0 Å². The smallest absolute Gasteiger partial charge is 0.264 e. The summed E-state index contributed by atoms with van der Waals surface area (Å²) >= 11 is 12.5. The highest BCUT2D eigenvalue weighted by Gasteiger charge is 2.33. The molecule has 0 aromatic heterocycles. The summed E-state index contributed by atoms with van der Waals surface area (Å²) in [5.41, 5.74) is 2.86. The number of halogens is 2. The molecule has 0 spiro atoms. The van der Waals surface area contributed by atoms with Crippen molar-refractivity contribution in [1.29, 1.82) is 0 Å². The molecule has 3 aromatic carbocycles. The summed E-state index contributed by atoms with van der Waals surface area (Å²) < 4.78 is 28.9. The topological polar surface area (TPSA) is 86.8 Å². The number of amides is 2. The monoisotopic (exact) mass is 615 g/mol. The van der Waals surface area contributed by atoms with Gasteiger partial charge in [0.15, 0.2) is 0 Å². The number of carbonyl (C=O) groups is 2. The quantitative estimate of drug-likeness (QED) is 0.291. The lowest BCUT2D eigenvalue weighted by Crippen LogP contribution is -2.52. The summed E-state index contributed by atoms with van der Waals surface area (Å²) in [4.78, 5) is 28.9. The SMILES string of the molecule is Cc1ccc(S(=O)(=O)N(CC(=O)N(Cc2ccccc2C)[C@@H](C)C(=O)NC2CCCC2)c2cc(Cl)cc(Cl)c2)cc1. The molecule has 1 fully saturated rings. The van der Waals surface area contributed by atoms with Gasteiger partial charge in [0.25, 0.3) is 10.0 Å². The Morgan fingerprint density at radius 1 is 0.951 bits per heavy atom. The van der Waals surface area contributed by atoms with Crippen LogP contribution in [0.5, 0.6) is 0 Å². The van der Waals surface area contributed by atoms with Gasteiger partial charge in [-0.25, -0.2) is 8.42 Å². The first kappa shape index (κ1) is 30.9. The zero-order valence-electron chi connectivity index (χ0n) is 23.4. The van der Waals surface area contributed by atoms with E-state index in [1.165, 1.54) is 35.2 Å². The standard InChI is InChI=1S/C31H35Cl2N3O4S/c1-21-12-14-29(15-13-21)41(39,40)36(28-17-25(32)16-26(33)18-28)20-30(37)35(19-24-9-5-4-8-22(24)2)23(3)31(38)34-27-10-6-7-11-27/h4-5,8-9,12-18,23,27H,6-7,10-11,19-20H2,1-3H3,(H,34,38)/t23-/m0/s1. The van der Waals surface area contributed by atoms with Crippen molar-refractivity contribution in [3.05, 3.63) is 93.5 Å². The summed E-state index contributed by atoms with van der Waals surface area (Å²) in [5.74, 6) is -0.799. The zero-order chi connectivity index (χ0) is 29.7. The number of rotatable bonds is 10. The number of sulfonamides is 1. The van der Waals surface area contributed by atoms with Gasteiger partial charge in [0.1, 0.15) is 12.6 Å². The molecule has 10 heteroatoms. The number of anilines is 1. The van der Waals surface area contributed by atoms with Crippen LogP contribution in [0.3, 0.4) is 0 Å². The van der Waals surface area contributed by atoms with Crippen molar-refractivity contribution in [1.82, 2.24) is 10.2 Å².